The van der Waals surface area contributed by atoms with Gasteiger partial charge in [0.1, 0.15) is 0 Å². The van der Waals surface area contributed by atoms with E-state index in [1.807, 2.05) is 19.1 Å². The monoisotopic (exact) mass is 203 g/mol. The molecule has 0 aromatic heterocycles. The normalized spacial score (nSPS) is 12.9. The van der Waals surface area contributed by atoms with E-state index in [-0.39, 0.29) is 0 Å². The Hall–Kier alpha value is -0.0800. The zero-order valence-electron chi connectivity index (χ0n) is 6.52. The van der Waals surface area contributed by atoms with E-state index in [2.05, 4.69) is 34.2 Å². The minimum Gasteiger partial charge on any atom is -0.314 e. The molecule has 0 saturated carbocycles. The lowest BCUT2D eigenvalue weighted by Crippen LogP contribution is -2.11. The smallest absolute Gasteiger partial charge is 0.0148 e. The number of hydrogen-bond acceptors (Lipinski definition) is 1. The van der Waals surface area contributed by atoms with Crippen molar-refractivity contribution in [1.29, 1.82) is 0 Å². The summed E-state index contributed by atoms with van der Waals surface area (Å²) in [6.07, 6.45) is 6.13. The van der Waals surface area contributed by atoms with Gasteiger partial charge in [-0.05, 0) is 13.5 Å². The second-order valence-corrected chi connectivity index (χ2v) is 2.81. The Kier molecular flexibility index (Phi) is 6.98. The van der Waals surface area contributed by atoms with Gasteiger partial charge >= 0.3 is 0 Å². The Bertz CT molecular complexity index is 127. The predicted molar refractivity (Wildman–Crippen MR) is 50.4 cm³/mol. The maximum Gasteiger partial charge on any atom is 0.0148 e. The fraction of sp³-hybridized carbons (Fsp3) is 0.500. The molecule has 2 heteroatoms. The lowest BCUT2D eigenvalue weighted by atomic mass is 10.4. The molecule has 0 spiro atoms. The first-order valence-corrected chi connectivity index (χ1v) is 4.29. The summed E-state index contributed by atoms with van der Waals surface area (Å²) >= 11 is 3.40. The largest absolute Gasteiger partial charge is 0.314 e. The fourth-order valence-electron chi connectivity index (χ4n) is 0.541. The minimum atomic E-state index is 0.932. The van der Waals surface area contributed by atoms with Crippen LogP contribution < -0.4 is 5.32 Å². The summed E-state index contributed by atoms with van der Waals surface area (Å²) in [5.74, 6) is 0. The second-order valence-electron chi connectivity index (χ2n) is 1.90. The average Bonchev–Trinajstić information content (AvgIpc) is 1.89. The van der Waals surface area contributed by atoms with Gasteiger partial charge in [0, 0.05) is 11.0 Å². The molecule has 0 aromatic carbocycles. The molecule has 0 atom stereocenters. The van der Waals surface area contributed by atoms with Gasteiger partial charge in [-0.1, -0.05) is 41.1 Å². The summed E-state index contributed by atoms with van der Waals surface area (Å²) in [4.78, 5) is 0. The van der Waals surface area contributed by atoms with Crippen LogP contribution in [-0.2, 0) is 0 Å². The molecule has 0 amide bonds. The topological polar surface area (TPSA) is 12.0 Å². The van der Waals surface area contributed by atoms with Crippen LogP contribution >= 0.6 is 15.9 Å². The van der Waals surface area contributed by atoms with Crippen molar-refractivity contribution in [1.82, 2.24) is 5.32 Å². The predicted octanol–water partition coefficient (Wildman–Crippen LogP) is 2.45. The summed E-state index contributed by atoms with van der Waals surface area (Å²) in [5.41, 5.74) is 0. The van der Waals surface area contributed by atoms with Gasteiger partial charge in [0.05, 0.1) is 0 Å². The zero-order valence-corrected chi connectivity index (χ0v) is 8.11. The molecule has 0 aliphatic rings. The van der Waals surface area contributed by atoms with Gasteiger partial charge < -0.3 is 5.32 Å². The molecule has 0 rings (SSSR count). The molecule has 1 N–H and O–H groups in total. The molecule has 0 heterocycles. The van der Waals surface area contributed by atoms with E-state index in [1.54, 1.807) is 0 Å². The molecule has 10 heavy (non-hydrogen) atoms. The van der Waals surface area contributed by atoms with Crippen molar-refractivity contribution >= 4 is 15.9 Å². The van der Waals surface area contributed by atoms with E-state index in [0.29, 0.717) is 0 Å². The number of rotatable bonds is 4. The van der Waals surface area contributed by atoms with Gasteiger partial charge in [0.2, 0.25) is 0 Å². The zero-order chi connectivity index (χ0) is 7.82. The highest BCUT2D eigenvalue weighted by Gasteiger charge is 1.80. The van der Waals surface area contributed by atoms with Crippen LogP contribution in [0.2, 0.25) is 0 Å². The summed E-state index contributed by atoms with van der Waals surface area (Å²) in [5, 5.41) is 3.20. The van der Waals surface area contributed by atoms with Crippen LogP contribution in [0.1, 0.15) is 13.8 Å². The third kappa shape index (κ3) is 6.05. The molecule has 0 fully saturated rings. The van der Waals surface area contributed by atoms with E-state index in [0.717, 1.165) is 17.6 Å². The van der Waals surface area contributed by atoms with Crippen LogP contribution in [0.5, 0.6) is 0 Å². The maximum absolute atomic E-state index is 3.40. The van der Waals surface area contributed by atoms with E-state index in [1.165, 1.54) is 0 Å². The fourth-order valence-corrected chi connectivity index (χ4v) is 0.967. The highest BCUT2D eigenvalue weighted by molar-refractivity contribution is 9.11. The van der Waals surface area contributed by atoms with E-state index in [9.17, 15) is 0 Å². The molecule has 0 bridgehead atoms. The molecule has 0 unspecified atom stereocenters. The Morgan fingerprint density at radius 3 is 2.80 bits per heavy atom. The van der Waals surface area contributed by atoms with Crippen molar-refractivity contribution in [2.75, 3.05) is 13.1 Å². The average molecular weight is 204 g/mol. The summed E-state index contributed by atoms with van der Waals surface area (Å²) in [7, 11) is 0. The molecule has 0 saturated heterocycles. The van der Waals surface area contributed by atoms with Crippen molar-refractivity contribution in [3.05, 3.63) is 22.7 Å². The van der Waals surface area contributed by atoms with Crippen molar-refractivity contribution in [3.63, 3.8) is 0 Å². The Morgan fingerprint density at radius 2 is 2.30 bits per heavy atom. The van der Waals surface area contributed by atoms with Crippen molar-refractivity contribution in [2.45, 2.75) is 13.8 Å². The van der Waals surface area contributed by atoms with Crippen molar-refractivity contribution < 1.29 is 0 Å². The Balaban J connectivity index is 3.47. The number of likely N-dealkylation sites (N-methyl/N-ethyl adjacent to an activating group) is 1. The van der Waals surface area contributed by atoms with Crippen LogP contribution in [0.3, 0.4) is 0 Å². The number of allylic oxidation sites excluding steroid dienone is 3. The standard InChI is InChI=1S/C8H14BrN/c1-3-5-8(9)6-7-10-4-2/h3,5-6,10H,4,7H2,1-2H3/b5-3-,8-6+. The summed E-state index contributed by atoms with van der Waals surface area (Å²) in [6, 6.07) is 0. The van der Waals surface area contributed by atoms with Crippen molar-refractivity contribution in [2.24, 2.45) is 0 Å². The van der Waals surface area contributed by atoms with E-state index < -0.39 is 0 Å². The lowest BCUT2D eigenvalue weighted by Gasteiger charge is -1.93. The molecule has 0 aromatic rings. The van der Waals surface area contributed by atoms with E-state index >= 15 is 0 Å². The van der Waals surface area contributed by atoms with Gasteiger partial charge in [-0.25, -0.2) is 0 Å². The van der Waals surface area contributed by atoms with Gasteiger partial charge in [0.25, 0.3) is 0 Å². The van der Waals surface area contributed by atoms with Gasteiger partial charge in [0.15, 0.2) is 0 Å². The van der Waals surface area contributed by atoms with Crippen LogP contribution in [0.25, 0.3) is 0 Å². The highest BCUT2D eigenvalue weighted by Crippen LogP contribution is 2.04. The minimum absolute atomic E-state index is 0.932. The first kappa shape index (κ1) is 9.92. The quantitative estimate of drug-likeness (QED) is 0.547. The molecule has 1 nitrogen and oxygen atoms in total. The molecule has 0 radical (unpaired) electrons. The van der Waals surface area contributed by atoms with Gasteiger partial charge in [-0.3, -0.25) is 0 Å². The van der Waals surface area contributed by atoms with Gasteiger partial charge in [-0.15, -0.1) is 0 Å². The molecule has 0 aliphatic heterocycles. The van der Waals surface area contributed by atoms with Crippen LogP contribution in [-0.4, -0.2) is 13.1 Å². The second kappa shape index (κ2) is 7.03. The molecular weight excluding hydrogens is 190 g/mol. The number of nitrogens with one attached hydrogen (secondary N) is 1. The van der Waals surface area contributed by atoms with Gasteiger partial charge in [-0.2, -0.15) is 0 Å². The van der Waals surface area contributed by atoms with Crippen LogP contribution in [0.4, 0.5) is 0 Å². The SMILES string of the molecule is C/C=C\C(Br)=C/CNCC. The first-order chi connectivity index (χ1) is 4.81. The third-order valence-electron chi connectivity index (χ3n) is 1.02. The summed E-state index contributed by atoms with van der Waals surface area (Å²) in [6.45, 7) is 6.05. The Labute approximate surface area is 71.3 Å². The molecule has 58 valence electrons. The lowest BCUT2D eigenvalue weighted by molar-refractivity contribution is 0.799. The van der Waals surface area contributed by atoms with Crippen molar-refractivity contribution in [3.8, 4) is 0 Å². The van der Waals surface area contributed by atoms with E-state index in [4.69, 9.17) is 0 Å². The maximum atomic E-state index is 3.40. The number of halogens is 1. The van der Waals surface area contributed by atoms with Crippen LogP contribution in [0.15, 0.2) is 22.7 Å². The molecular formula is C8H14BrN. The third-order valence-corrected chi connectivity index (χ3v) is 1.61. The highest BCUT2D eigenvalue weighted by atomic mass is 79.9. The van der Waals surface area contributed by atoms with Crippen LogP contribution in [0, 0.1) is 0 Å². The molecule has 0 aliphatic carbocycles. The number of hydrogen-bond donors (Lipinski definition) is 1. The Morgan fingerprint density at radius 1 is 1.60 bits per heavy atom. The summed E-state index contributed by atoms with van der Waals surface area (Å²) < 4.78 is 1.14. The first-order valence-electron chi connectivity index (χ1n) is 3.50.